The molecule has 0 aliphatic carbocycles. The molecule has 0 saturated carbocycles. The van der Waals surface area contributed by atoms with Crippen molar-refractivity contribution in [3.8, 4) is 11.1 Å². The van der Waals surface area contributed by atoms with E-state index in [9.17, 15) is 4.39 Å². The molecule has 0 N–H and O–H groups in total. The van der Waals surface area contributed by atoms with E-state index in [1.807, 2.05) is 12.1 Å². The highest BCUT2D eigenvalue weighted by atomic mass is 19.1. The SMILES string of the molecule is CCCCc1ccc(-c2ccc(C)c(F)c2)cc1. The normalized spacial score (nSPS) is 10.6. The van der Waals surface area contributed by atoms with Crippen LogP contribution in [0.25, 0.3) is 11.1 Å². The summed E-state index contributed by atoms with van der Waals surface area (Å²) in [4.78, 5) is 0. The van der Waals surface area contributed by atoms with Gasteiger partial charge >= 0.3 is 0 Å². The molecule has 0 saturated heterocycles. The second-order valence-electron chi connectivity index (χ2n) is 4.76. The zero-order valence-electron chi connectivity index (χ0n) is 11.0. The van der Waals surface area contributed by atoms with Crippen LogP contribution in [0.2, 0.25) is 0 Å². The number of unbranched alkanes of at least 4 members (excludes halogenated alkanes) is 1. The minimum atomic E-state index is -0.137. The molecule has 1 heteroatoms. The predicted octanol–water partition coefficient (Wildman–Crippen LogP) is 5.14. The molecule has 2 aromatic carbocycles. The number of benzene rings is 2. The van der Waals surface area contributed by atoms with Crippen molar-refractivity contribution >= 4 is 0 Å². The van der Waals surface area contributed by atoms with Gasteiger partial charge in [-0.1, -0.05) is 49.7 Å². The van der Waals surface area contributed by atoms with Crippen LogP contribution in [0.3, 0.4) is 0 Å². The van der Waals surface area contributed by atoms with Crippen molar-refractivity contribution in [2.24, 2.45) is 0 Å². The first-order chi connectivity index (χ1) is 8.70. The lowest BCUT2D eigenvalue weighted by atomic mass is 10.0. The maximum Gasteiger partial charge on any atom is 0.126 e. The first-order valence-corrected chi connectivity index (χ1v) is 6.56. The van der Waals surface area contributed by atoms with Crippen molar-refractivity contribution in [2.45, 2.75) is 33.1 Å². The molecule has 18 heavy (non-hydrogen) atoms. The van der Waals surface area contributed by atoms with Gasteiger partial charge in [0.2, 0.25) is 0 Å². The molecule has 0 amide bonds. The Kier molecular flexibility index (Phi) is 4.14. The van der Waals surface area contributed by atoms with Gasteiger partial charge in [-0.15, -0.1) is 0 Å². The van der Waals surface area contributed by atoms with Gasteiger partial charge in [-0.05, 0) is 48.1 Å². The van der Waals surface area contributed by atoms with E-state index in [-0.39, 0.29) is 5.82 Å². The van der Waals surface area contributed by atoms with Gasteiger partial charge in [0.05, 0.1) is 0 Å². The average molecular weight is 242 g/mol. The maximum absolute atomic E-state index is 13.5. The van der Waals surface area contributed by atoms with Gasteiger partial charge in [0.15, 0.2) is 0 Å². The molecule has 0 aliphatic heterocycles. The fraction of sp³-hybridized carbons (Fsp3) is 0.294. The van der Waals surface area contributed by atoms with Crippen molar-refractivity contribution < 1.29 is 4.39 Å². The minimum Gasteiger partial charge on any atom is -0.207 e. The predicted molar refractivity (Wildman–Crippen MR) is 75.2 cm³/mol. The third kappa shape index (κ3) is 2.98. The van der Waals surface area contributed by atoms with Crippen molar-refractivity contribution in [1.82, 2.24) is 0 Å². The van der Waals surface area contributed by atoms with Gasteiger partial charge < -0.3 is 0 Å². The second-order valence-corrected chi connectivity index (χ2v) is 4.76. The van der Waals surface area contributed by atoms with E-state index >= 15 is 0 Å². The van der Waals surface area contributed by atoms with Crippen molar-refractivity contribution in [1.29, 1.82) is 0 Å². The van der Waals surface area contributed by atoms with Crippen molar-refractivity contribution in [3.05, 3.63) is 59.4 Å². The highest BCUT2D eigenvalue weighted by molar-refractivity contribution is 5.64. The summed E-state index contributed by atoms with van der Waals surface area (Å²) in [6.45, 7) is 3.98. The summed E-state index contributed by atoms with van der Waals surface area (Å²) in [7, 11) is 0. The third-order valence-electron chi connectivity index (χ3n) is 3.28. The molecule has 0 aromatic heterocycles. The standard InChI is InChI=1S/C17H19F/c1-3-4-5-14-7-10-15(11-8-14)16-9-6-13(2)17(18)12-16/h6-12H,3-5H2,1-2H3. The Morgan fingerprint density at radius 2 is 1.61 bits per heavy atom. The average Bonchev–Trinajstić information content (AvgIpc) is 2.40. The summed E-state index contributed by atoms with van der Waals surface area (Å²) >= 11 is 0. The lowest BCUT2D eigenvalue weighted by Crippen LogP contribution is -1.87. The molecule has 94 valence electrons. The summed E-state index contributed by atoms with van der Waals surface area (Å²) in [5, 5.41) is 0. The Morgan fingerprint density at radius 1 is 0.944 bits per heavy atom. The largest absolute Gasteiger partial charge is 0.207 e. The molecule has 2 rings (SSSR count). The maximum atomic E-state index is 13.5. The van der Waals surface area contributed by atoms with Crippen LogP contribution in [0.1, 0.15) is 30.9 Å². The van der Waals surface area contributed by atoms with E-state index < -0.39 is 0 Å². The van der Waals surface area contributed by atoms with Crippen LogP contribution >= 0.6 is 0 Å². The molecule has 0 radical (unpaired) electrons. The smallest absolute Gasteiger partial charge is 0.126 e. The molecule has 0 bridgehead atoms. The minimum absolute atomic E-state index is 0.137. The number of hydrogen-bond donors (Lipinski definition) is 0. The van der Waals surface area contributed by atoms with Gasteiger partial charge in [-0.3, -0.25) is 0 Å². The molecular formula is C17H19F. The first-order valence-electron chi connectivity index (χ1n) is 6.56. The van der Waals surface area contributed by atoms with E-state index in [1.54, 1.807) is 13.0 Å². The van der Waals surface area contributed by atoms with Crippen LogP contribution in [0.15, 0.2) is 42.5 Å². The van der Waals surface area contributed by atoms with Crippen LogP contribution in [0.4, 0.5) is 4.39 Å². The quantitative estimate of drug-likeness (QED) is 0.696. The summed E-state index contributed by atoms with van der Waals surface area (Å²) in [5.74, 6) is -0.137. The van der Waals surface area contributed by atoms with Crippen LogP contribution in [0.5, 0.6) is 0 Å². The van der Waals surface area contributed by atoms with E-state index in [1.165, 1.54) is 18.4 Å². The number of aryl methyl sites for hydroxylation is 2. The summed E-state index contributed by atoms with van der Waals surface area (Å²) < 4.78 is 13.5. The zero-order valence-corrected chi connectivity index (χ0v) is 11.0. The monoisotopic (exact) mass is 242 g/mol. The Bertz CT molecular complexity index is 512. The van der Waals surface area contributed by atoms with Gasteiger partial charge in [-0.2, -0.15) is 0 Å². The van der Waals surface area contributed by atoms with E-state index in [4.69, 9.17) is 0 Å². The van der Waals surface area contributed by atoms with Crippen LogP contribution in [0, 0.1) is 12.7 Å². The van der Waals surface area contributed by atoms with Gasteiger partial charge in [-0.25, -0.2) is 4.39 Å². The third-order valence-corrected chi connectivity index (χ3v) is 3.28. The molecular weight excluding hydrogens is 223 g/mol. The van der Waals surface area contributed by atoms with E-state index in [0.717, 1.165) is 17.5 Å². The molecule has 0 unspecified atom stereocenters. The molecule has 0 fully saturated rings. The molecule has 0 atom stereocenters. The summed E-state index contributed by atoms with van der Waals surface area (Å²) in [5.41, 5.74) is 4.07. The molecule has 0 heterocycles. The van der Waals surface area contributed by atoms with Crippen LogP contribution in [-0.2, 0) is 6.42 Å². The second kappa shape index (κ2) is 5.81. The molecule has 2 aromatic rings. The fourth-order valence-electron chi connectivity index (χ4n) is 2.02. The topological polar surface area (TPSA) is 0 Å². The highest BCUT2D eigenvalue weighted by Gasteiger charge is 2.02. The molecule has 0 nitrogen and oxygen atoms in total. The van der Waals surface area contributed by atoms with Gasteiger partial charge in [0, 0.05) is 0 Å². The van der Waals surface area contributed by atoms with E-state index in [0.29, 0.717) is 5.56 Å². The molecule has 0 aliphatic rings. The fourth-order valence-corrected chi connectivity index (χ4v) is 2.02. The Morgan fingerprint density at radius 3 is 2.22 bits per heavy atom. The number of rotatable bonds is 4. The Balaban J connectivity index is 2.20. The number of halogens is 1. The lowest BCUT2D eigenvalue weighted by Gasteiger charge is -2.05. The van der Waals surface area contributed by atoms with Gasteiger partial charge in [0.25, 0.3) is 0 Å². The van der Waals surface area contributed by atoms with Crippen molar-refractivity contribution in [2.75, 3.05) is 0 Å². The lowest BCUT2D eigenvalue weighted by molar-refractivity contribution is 0.619. The summed E-state index contributed by atoms with van der Waals surface area (Å²) in [6, 6.07) is 13.8. The van der Waals surface area contributed by atoms with Crippen LogP contribution in [-0.4, -0.2) is 0 Å². The summed E-state index contributed by atoms with van der Waals surface area (Å²) in [6.07, 6.45) is 3.56. The Hall–Kier alpha value is -1.63. The highest BCUT2D eigenvalue weighted by Crippen LogP contribution is 2.22. The van der Waals surface area contributed by atoms with Gasteiger partial charge in [0.1, 0.15) is 5.82 Å². The molecule has 0 spiro atoms. The van der Waals surface area contributed by atoms with E-state index in [2.05, 4.69) is 31.2 Å². The van der Waals surface area contributed by atoms with Crippen LogP contribution < -0.4 is 0 Å². The first kappa shape index (κ1) is 12.8. The van der Waals surface area contributed by atoms with Crippen molar-refractivity contribution in [3.63, 3.8) is 0 Å². The zero-order chi connectivity index (χ0) is 13.0. The Labute approximate surface area is 108 Å². The number of hydrogen-bond acceptors (Lipinski definition) is 0.